The molecule has 1 saturated heterocycles. The first-order valence-corrected chi connectivity index (χ1v) is 30.5. The number of amides is 10. The van der Waals surface area contributed by atoms with Gasteiger partial charge in [-0.2, -0.15) is 0 Å². The Morgan fingerprint density at radius 1 is 0.721 bits per heavy atom. The maximum Gasteiger partial charge on any atom is 0.253 e. The molecule has 24 nitrogen and oxygen atoms in total. The standard InChI is InChI=1S/C62H102N10O14/c1-16-40(8)55(46(84-14)34-51(77)71-31-23-26-45(71)57(85-15)41(9)58(79)65-42(10)56(78)44-24-19-17-20-25-44)70(13)62(83)53(38(4)5)68-61(82)54(39(6)7)69(12)32-33-86-36-64-48(74)35-63-59(80)43(11)66-60(81)52(37(2)3)67-47(73)27-21-18-22-30-72-49(75)28-29-50(72)76/h17,19-20,24-25,28-29,37-43,45-46,52-57,78H,16,18,21-23,26-27,30-36H2,1-15H3,(H,63,80)(H,64,74)(H,65,79)(H,66,81)(H,67,73)(H,68,82)/t40-,41+,42+,43-,45-,46+,52-,53-,54-,55-,56+,57+/m0/s1. The van der Waals surface area contributed by atoms with Crippen molar-refractivity contribution in [3.63, 3.8) is 0 Å². The zero-order chi connectivity index (χ0) is 64.5. The summed E-state index contributed by atoms with van der Waals surface area (Å²) < 4.78 is 17.7. The molecule has 7 N–H and O–H groups in total. The molecule has 3 rings (SSSR count). The van der Waals surface area contributed by atoms with E-state index in [1.165, 1.54) is 33.3 Å². The first kappa shape index (κ1) is 73.9. The Bertz CT molecular complexity index is 2410. The minimum Gasteiger partial charge on any atom is -0.386 e. The lowest BCUT2D eigenvalue weighted by molar-refractivity contribution is -0.148. The van der Waals surface area contributed by atoms with E-state index in [2.05, 4.69) is 31.9 Å². The highest BCUT2D eigenvalue weighted by atomic mass is 16.5. The van der Waals surface area contributed by atoms with Gasteiger partial charge in [-0.05, 0) is 75.8 Å². The minimum atomic E-state index is -1.04. The number of unbranched alkanes of at least 4 members (excludes halogenated alkanes) is 2. The van der Waals surface area contributed by atoms with Crippen molar-refractivity contribution in [2.75, 3.05) is 67.8 Å². The number of methoxy groups -OCH3 is 2. The van der Waals surface area contributed by atoms with Crippen molar-refractivity contribution in [2.24, 2.45) is 29.6 Å². The Morgan fingerprint density at radius 2 is 1.36 bits per heavy atom. The van der Waals surface area contributed by atoms with Gasteiger partial charge in [0.25, 0.3) is 11.8 Å². The fourth-order valence-corrected chi connectivity index (χ4v) is 11.1. The predicted molar refractivity (Wildman–Crippen MR) is 324 cm³/mol. The third kappa shape index (κ3) is 22.1. The highest BCUT2D eigenvalue weighted by molar-refractivity contribution is 6.12. The van der Waals surface area contributed by atoms with Crippen LogP contribution in [0.4, 0.5) is 0 Å². The Morgan fingerprint density at radius 3 is 1.94 bits per heavy atom. The molecule has 2 heterocycles. The van der Waals surface area contributed by atoms with Crippen molar-refractivity contribution in [3.8, 4) is 0 Å². The molecule has 86 heavy (non-hydrogen) atoms. The highest BCUT2D eigenvalue weighted by Crippen LogP contribution is 2.30. The Balaban J connectivity index is 1.51. The van der Waals surface area contributed by atoms with Crippen molar-refractivity contribution in [3.05, 3.63) is 48.0 Å². The van der Waals surface area contributed by atoms with Gasteiger partial charge in [0, 0.05) is 59.5 Å². The number of aliphatic hydroxyl groups excluding tert-OH is 1. The summed E-state index contributed by atoms with van der Waals surface area (Å²) in [6, 6.07) is 3.94. The number of nitrogens with zero attached hydrogens (tertiary/aromatic N) is 4. The van der Waals surface area contributed by atoms with E-state index in [0.29, 0.717) is 50.6 Å². The lowest BCUT2D eigenvalue weighted by Gasteiger charge is -2.41. The Hall–Kier alpha value is -6.34. The summed E-state index contributed by atoms with van der Waals surface area (Å²) in [5.41, 5.74) is 0.678. The van der Waals surface area contributed by atoms with Crippen LogP contribution in [0.15, 0.2) is 42.5 Å². The molecule has 1 aromatic carbocycles. The number of aliphatic hydroxyl groups is 1. The number of nitrogens with one attached hydrogen (secondary N) is 6. The molecule has 1 fully saturated rings. The molecule has 2 aliphatic rings. The van der Waals surface area contributed by atoms with Gasteiger partial charge in [0.05, 0.1) is 68.0 Å². The van der Waals surface area contributed by atoms with Crippen LogP contribution >= 0.6 is 0 Å². The normalized spacial score (nSPS) is 18.2. The third-order valence-corrected chi connectivity index (χ3v) is 16.4. The van der Waals surface area contributed by atoms with Gasteiger partial charge in [0.1, 0.15) is 24.9 Å². The number of imide groups is 1. The van der Waals surface area contributed by atoms with E-state index in [4.69, 9.17) is 14.2 Å². The summed E-state index contributed by atoms with van der Waals surface area (Å²) in [6.45, 7) is 20.4. The van der Waals surface area contributed by atoms with Crippen LogP contribution in [0.2, 0.25) is 0 Å². The topological polar surface area (TPSA) is 304 Å². The number of likely N-dealkylation sites (tertiary alicyclic amines) is 1. The summed E-state index contributed by atoms with van der Waals surface area (Å²) in [7, 11) is 6.49. The van der Waals surface area contributed by atoms with E-state index in [1.54, 1.807) is 63.7 Å². The minimum absolute atomic E-state index is 0.0524. The number of likely N-dealkylation sites (N-methyl/N-ethyl adjacent to an activating group) is 2. The molecule has 484 valence electrons. The van der Waals surface area contributed by atoms with Gasteiger partial charge in [-0.1, -0.05) is 105 Å². The molecule has 12 atom stereocenters. The Labute approximate surface area is 509 Å². The largest absolute Gasteiger partial charge is 0.386 e. The highest BCUT2D eigenvalue weighted by Gasteiger charge is 2.44. The van der Waals surface area contributed by atoms with Gasteiger partial charge in [0.2, 0.25) is 47.3 Å². The Kier molecular flexibility index (Phi) is 31.6. The zero-order valence-electron chi connectivity index (χ0n) is 53.6. The number of hydrogen-bond donors (Lipinski definition) is 7. The summed E-state index contributed by atoms with van der Waals surface area (Å²) >= 11 is 0. The van der Waals surface area contributed by atoms with Crippen molar-refractivity contribution >= 4 is 59.1 Å². The van der Waals surface area contributed by atoms with Gasteiger partial charge in [0.15, 0.2) is 0 Å². The van der Waals surface area contributed by atoms with E-state index in [9.17, 15) is 53.1 Å². The molecule has 2 aliphatic heterocycles. The molecule has 10 amide bonds. The average Bonchev–Trinajstić information content (AvgIpc) is 3.52. The molecule has 0 radical (unpaired) electrons. The van der Waals surface area contributed by atoms with E-state index in [0.717, 1.165) is 4.90 Å². The molecule has 1 aromatic rings. The second kappa shape index (κ2) is 36.7. The predicted octanol–water partition coefficient (Wildman–Crippen LogP) is 2.58. The van der Waals surface area contributed by atoms with Crippen LogP contribution in [0.25, 0.3) is 0 Å². The van der Waals surface area contributed by atoms with Crippen molar-refractivity contribution in [1.29, 1.82) is 0 Å². The van der Waals surface area contributed by atoms with Crippen molar-refractivity contribution in [2.45, 2.75) is 188 Å². The number of carbonyl (C=O) groups excluding carboxylic acids is 10. The number of hydrogen-bond acceptors (Lipinski definition) is 15. The SMILES string of the molecule is CC[C@H](C)[C@@H]([C@@H](CC(=O)N1CCC[C@H]1[C@H](OC)[C@@H](C)C(=O)N[C@H](C)[C@@H](O)c1ccccc1)OC)N(C)C(=O)[C@@H](NC(=O)[C@H](C(C)C)N(C)CCOCNC(=O)CNC(=O)[C@H](C)NC(=O)[C@@H](NC(=O)CCCCCN1C(=O)C=CC1=O)C(C)C)C(C)C. The molecular formula is C62H102N10O14. The molecule has 0 aliphatic carbocycles. The van der Waals surface area contributed by atoms with Crippen LogP contribution < -0.4 is 31.9 Å². The quantitative estimate of drug-likeness (QED) is 0.0285. The van der Waals surface area contributed by atoms with E-state index < -0.39 is 90.8 Å². The molecule has 0 aromatic heterocycles. The van der Waals surface area contributed by atoms with Gasteiger partial charge in [-0.25, -0.2) is 0 Å². The van der Waals surface area contributed by atoms with Crippen LogP contribution in [-0.4, -0.2) is 206 Å². The number of carbonyl (C=O) groups is 10. The molecule has 24 heteroatoms. The molecule has 0 saturated carbocycles. The smallest absolute Gasteiger partial charge is 0.253 e. The zero-order valence-corrected chi connectivity index (χ0v) is 53.6. The summed E-state index contributed by atoms with van der Waals surface area (Å²) in [5, 5.41) is 27.3. The second-order valence-electron chi connectivity index (χ2n) is 24.0. The number of ether oxygens (including phenoxy) is 3. The second-order valence-corrected chi connectivity index (χ2v) is 24.0. The van der Waals surface area contributed by atoms with E-state index in [-0.39, 0.29) is 104 Å². The van der Waals surface area contributed by atoms with Gasteiger partial charge < -0.3 is 61.0 Å². The lowest BCUT2D eigenvalue weighted by atomic mass is 9.89. The van der Waals surface area contributed by atoms with Crippen LogP contribution in [0.1, 0.15) is 139 Å². The monoisotopic (exact) mass is 1210 g/mol. The van der Waals surface area contributed by atoms with E-state index in [1.807, 2.05) is 64.6 Å². The molecule has 0 spiro atoms. The summed E-state index contributed by atoms with van der Waals surface area (Å²) in [4.78, 5) is 138. The van der Waals surface area contributed by atoms with Crippen LogP contribution in [0.3, 0.4) is 0 Å². The van der Waals surface area contributed by atoms with Crippen molar-refractivity contribution in [1.82, 2.24) is 51.5 Å². The molecular weight excluding hydrogens is 1110 g/mol. The fraction of sp³-hybridized carbons (Fsp3) is 0.710. The first-order valence-electron chi connectivity index (χ1n) is 30.5. The number of benzene rings is 1. The summed E-state index contributed by atoms with van der Waals surface area (Å²) in [5.74, 6) is -5.68. The van der Waals surface area contributed by atoms with Gasteiger partial charge >= 0.3 is 0 Å². The van der Waals surface area contributed by atoms with Gasteiger partial charge in [-0.15, -0.1) is 0 Å². The van der Waals surface area contributed by atoms with Crippen LogP contribution in [-0.2, 0) is 62.2 Å². The first-order chi connectivity index (χ1) is 40.6. The average molecular weight is 1210 g/mol. The third-order valence-electron chi connectivity index (χ3n) is 16.4. The van der Waals surface area contributed by atoms with E-state index >= 15 is 0 Å². The lowest BCUT2D eigenvalue weighted by Crippen LogP contribution is -2.60. The van der Waals surface area contributed by atoms with Crippen LogP contribution in [0.5, 0.6) is 0 Å². The van der Waals surface area contributed by atoms with Crippen LogP contribution in [0, 0.1) is 29.6 Å². The maximum atomic E-state index is 14.7. The van der Waals surface area contributed by atoms with Gasteiger partial charge in [-0.3, -0.25) is 57.7 Å². The van der Waals surface area contributed by atoms with Crippen molar-refractivity contribution < 1.29 is 67.3 Å². The molecule has 0 bridgehead atoms. The summed E-state index contributed by atoms with van der Waals surface area (Å²) in [6.07, 6.45) is 3.80. The molecule has 0 unspecified atom stereocenters. The number of rotatable bonds is 38. The maximum absolute atomic E-state index is 14.7. The fourth-order valence-electron chi connectivity index (χ4n) is 11.1.